The zero-order valence-electron chi connectivity index (χ0n) is 10.4. The van der Waals surface area contributed by atoms with Crippen LogP contribution in [0, 0.1) is 19.7 Å². The molecular formula is C14H16FN3. The van der Waals surface area contributed by atoms with E-state index in [4.69, 9.17) is 5.84 Å². The summed E-state index contributed by atoms with van der Waals surface area (Å²) in [7, 11) is 0. The molecule has 2 rings (SSSR count). The molecule has 0 aliphatic rings. The van der Waals surface area contributed by atoms with E-state index in [1.165, 1.54) is 12.1 Å². The molecule has 0 radical (unpaired) electrons. The van der Waals surface area contributed by atoms with Gasteiger partial charge in [0.1, 0.15) is 5.82 Å². The zero-order valence-corrected chi connectivity index (χ0v) is 10.4. The van der Waals surface area contributed by atoms with Crippen molar-refractivity contribution in [2.45, 2.75) is 19.9 Å². The van der Waals surface area contributed by atoms with Gasteiger partial charge in [-0.25, -0.2) is 9.82 Å². The number of benzene rings is 1. The van der Waals surface area contributed by atoms with Crippen LogP contribution in [0.1, 0.15) is 28.4 Å². The second kappa shape index (κ2) is 5.25. The van der Waals surface area contributed by atoms with Crippen molar-refractivity contribution in [3.8, 4) is 0 Å². The average molecular weight is 245 g/mol. The zero-order chi connectivity index (χ0) is 13.1. The minimum absolute atomic E-state index is 0.275. The Morgan fingerprint density at radius 1 is 1.22 bits per heavy atom. The first-order chi connectivity index (χ1) is 8.61. The Hall–Kier alpha value is -1.78. The quantitative estimate of drug-likeness (QED) is 0.645. The normalized spacial score (nSPS) is 12.4. The number of nitrogens with two attached hydrogens (primary N) is 1. The molecule has 1 aromatic heterocycles. The van der Waals surface area contributed by atoms with E-state index in [0.29, 0.717) is 0 Å². The van der Waals surface area contributed by atoms with Gasteiger partial charge in [0.15, 0.2) is 0 Å². The average Bonchev–Trinajstić information content (AvgIpc) is 2.35. The van der Waals surface area contributed by atoms with Crippen LogP contribution in [0.2, 0.25) is 0 Å². The Labute approximate surface area is 106 Å². The molecule has 2 aromatic rings. The molecule has 0 amide bonds. The molecular weight excluding hydrogens is 229 g/mol. The molecule has 1 heterocycles. The summed E-state index contributed by atoms with van der Waals surface area (Å²) in [6.07, 6.45) is 1.73. The van der Waals surface area contributed by atoms with Gasteiger partial charge in [0, 0.05) is 6.20 Å². The SMILES string of the molecule is Cc1ccnc(C(NN)c2cc(F)ccc2C)c1. The Morgan fingerprint density at radius 3 is 2.67 bits per heavy atom. The van der Waals surface area contributed by atoms with E-state index < -0.39 is 0 Å². The minimum Gasteiger partial charge on any atom is -0.271 e. The van der Waals surface area contributed by atoms with Gasteiger partial charge in [-0.1, -0.05) is 6.07 Å². The molecule has 3 nitrogen and oxygen atoms in total. The summed E-state index contributed by atoms with van der Waals surface area (Å²) in [5.74, 6) is 5.32. The number of rotatable bonds is 3. The number of aryl methyl sites for hydroxylation is 2. The van der Waals surface area contributed by atoms with Crippen LogP contribution >= 0.6 is 0 Å². The van der Waals surface area contributed by atoms with E-state index in [-0.39, 0.29) is 11.9 Å². The lowest BCUT2D eigenvalue weighted by Crippen LogP contribution is -2.30. The second-order valence-corrected chi connectivity index (χ2v) is 4.36. The van der Waals surface area contributed by atoms with Gasteiger partial charge in [0.2, 0.25) is 0 Å². The fourth-order valence-corrected chi connectivity index (χ4v) is 1.97. The third kappa shape index (κ3) is 2.55. The van der Waals surface area contributed by atoms with E-state index in [0.717, 1.165) is 22.4 Å². The first kappa shape index (κ1) is 12.7. The molecule has 18 heavy (non-hydrogen) atoms. The van der Waals surface area contributed by atoms with Gasteiger partial charge in [0.25, 0.3) is 0 Å². The summed E-state index contributed by atoms with van der Waals surface area (Å²) in [4.78, 5) is 4.29. The summed E-state index contributed by atoms with van der Waals surface area (Å²) in [6, 6.07) is 8.22. The first-order valence-electron chi connectivity index (χ1n) is 5.76. The maximum atomic E-state index is 13.3. The molecule has 0 spiro atoms. The predicted octanol–water partition coefficient (Wildman–Crippen LogP) is 2.39. The largest absolute Gasteiger partial charge is 0.271 e. The number of nitrogens with one attached hydrogen (secondary N) is 1. The van der Waals surface area contributed by atoms with Crippen molar-refractivity contribution >= 4 is 0 Å². The second-order valence-electron chi connectivity index (χ2n) is 4.36. The maximum absolute atomic E-state index is 13.3. The monoisotopic (exact) mass is 245 g/mol. The van der Waals surface area contributed by atoms with Crippen molar-refractivity contribution in [3.63, 3.8) is 0 Å². The van der Waals surface area contributed by atoms with Crippen LogP contribution < -0.4 is 11.3 Å². The third-order valence-electron chi connectivity index (χ3n) is 2.95. The van der Waals surface area contributed by atoms with Crippen LogP contribution in [0.15, 0.2) is 36.5 Å². The number of hydrogen-bond donors (Lipinski definition) is 2. The van der Waals surface area contributed by atoms with Gasteiger partial charge in [-0.15, -0.1) is 0 Å². The smallest absolute Gasteiger partial charge is 0.123 e. The van der Waals surface area contributed by atoms with Crippen LogP contribution in [0.4, 0.5) is 4.39 Å². The molecule has 1 aromatic carbocycles. The number of pyridine rings is 1. The van der Waals surface area contributed by atoms with Crippen molar-refractivity contribution in [1.29, 1.82) is 0 Å². The van der Waals surface area contributed by atoms with Gasteiger partial charge >= 0.3 is 0 Å². The van der Waals surface area contributed by atoms with Crippen molar-refractivity contribution in [2.75, 3.05) is 0 Å². The molecule has 0 aliphatic heterocycles. The lowest BCUT2D eigenvalue weighted by Gasteiger charge is -2.18. The van der Waals surface area contributed by atoms with Gasteiger partial charge in [0.05, 0.1) is 11.7 Å². The van der Waals surface area contributed by atoms with Gasteiger partial charge in [-0.3, -0.25) is 10.8 Å². The Balaban J connectivity index is 2.48. The number of nitrogens with zero attached hydrogens (tertiary/aromatic N) is 1. The van der Waals surface area contributed by atoms with Gasteiger partial charge in [-0.05, 0) is 54.8 Å². The maximum Gasteiger partial charge on any atom is 0.123 e. The molecule has 1 atom stereocenters. The van der Waals surface area contributed by atoms with Crippen LogP contribution in [-0.2, 0) is 0 Å². The summed E-state index contributed by atoms with van der Waals surface area (Å²) < 4.78 is 13.3. The van der Waals surface area contributed by atoms with Gasteiger partial charge < -0.3 is 0 Å². The van der Waals surface area contributed by atoms with Crippen LogP contribution in [0.3, 0.4) is 0 Å². The Kier molecular flexibility index (Phi) is 3.69. The number of aromatic nitrogens is 1. The molecule has 0 aliphatic carbocycles. The van der Waals surface area contributed by atoms with E-state index >= 15 is 0 Å². The van der Waals surface area contributed by atoms with Gasteiger partial charge in [-0.2, -0.15) is 0 Å². The number of halogens is 1. The predicted molar refractivity (Wildman–Crippen MR) is 69.3 cm³/mol. The summed E-state index contributed by atoms with van der Waals surface area (Å²) in [5, 5.41) is 0. The molecule has 0 fully saturated rings. The Bertz CT molecular complexity index is 554. The lowest BCUT2D eigenvalue weighted by atomic mass is 9.98. The molecule has 94 valence electrons. The van der Waals surface area contributed by atoms with Crippen LogP contribution in [0.5, 0.6) is 0 Å². The Morgan fingerprint density at radius 2 is 2.00 bits per heavy atom. The molecule has 0 saturated heterocycles. The highest BCUT2D eigenvalue weighted by Crippen LogP contribution is 2.24. The topological polar surface area (TPSA) is 50.9 Å². The van der Waals surface area contributed by atoms with Crippen molar-refractivity contribution in [1.82, 2.24) is 10.4 Å². The molecule has 3 N–H and O–H groups in total. The van der Waals surface area contributed by atoms with Crippen molar-refractivity contribution < 1.29 is 4.39 Å². The highest BCUT2D eigenvalue weighted by molar-refractivity contribution is 5.35. The summed E-state index contributed by atoms with van der Waals surface area (Å²) in [5.41, 5.74) is 6.35. The lowest BCUT2D eigenvalue weighted by molar-refractivity contribution is 0.595. The molecule has 1 unspecified atom stereocenters. The standard InChI is InChI=1S/C14H16FN3/c1-9-5-6-17-13(7-9)14(18-16)12-8-11(15)4-3-10(12)2/h3-8,14,18H,16H2,1-2H3. The van der Waals surface area contributed by atoms with Crippen molar-refractivity contribution in [3.05, 3.63) is 64.7 Å². The fourth-order valence-electron chi connectivity index (χ4n) is 1.97. The van der Waals surface area contributed by atoms with Crippen LogP contribution in [-0.4, -0.2) is 4.98 Å². The summed E-state index contributed by atoms with van der Waals surface area (Å²) in [6.45, 7) is 3.91. The molecule has 0 bridgehead atoms. The van der Waals surface area contributed by atoms with E-state index in [9.17, 15) is 4.39 Å². The third-order valence-corrected chi connectivity index (χ3v) is 2.95. The van der Waals surface area contributed by atoms with E-state index in [2.05, 4.69) is 10.4 Å². The first-order valence-corrected chi connectivity index (χ1v) is 5.76. The summed E-state index contributed by atoms with van der Waals surface area (Å²) >= 11 is 0. The minimum atomic E-state index is -0.305. The van der Waals surface area contributed by atoms with Crippen molar-refractivity contribution in [2.24, 2.45) is 5.84 Å². The van der Waals surface area contributed by atoms with E-state index in [1.807, 2.05) is 26.0 Å². The van der Waals surface area contributed by atoms with Crippen LogP contribution in [0.25, 0.3) is 0 Å². The number of hydrazine groups is 1. The highest BCUT2D eigenvalue weighted by Gasteiger charge is 2.16. The number of hydrogen-bond acceptors (Lipinski definition) is 3. The molecule has 0 saturated carbocycles. The highest BCUT2D eigenvalue weighted by atomic mass is 19.1. The van der Waals surface area contributed by atoms with E-state index in [1.54, 1.807) is 12.3 Å². The molecule has 4 heteroatoms. The fraction of sp³-hybridized carbons (Fsp3) is 0.214.